The quantitative estimate of drug-likeness (QED) is 0.441. The van der Waals surface area contributed by atoms with Crippen molar-refractivity contribution in [2.75, 3.05) is 0 Å². The molecule has 0 fully saturated rings. The van der Waals surface area contributed by atoms with Crippen molar-refractivity contribution in [2.24, 2.45) is 11.3 Å². The molecule has 160 valence electrons. The fourth-order valence-electron chi connectivity index (χ4n) is 4.52. The number of benzene rings is 2. The van der Waals surface area contributed by atoms with Gasteiger partial charge in [-0.1, -0.05) is 74.7 Å². The molecular weight excluding hydrogens is 383 g/mol. The molecule has 0 saturated carbocycles. The van der Waals surface area contributed by atoms with Crippen LogP contribution in [0.2, 0.25) is 0 Å². The molecule has 0 aliphatic heterocycles. The van der Waals surface area contributed by atoms with E-state index in [2.05, 4.69) is 106 Å². The number of allylic oxidation sites excluding steroid dienone is 2. The van der Waals surface area contributed by atoms with Gasteiger partial charge in [0.15, 0.2) is 8.46 Å². The molecule has 0 saturated heterocycles. The van der Waals surface area contributed by atoms with Crippen LogP contribution in [0.5, 0.6) is 0 Å². The van der Waals surface area contributed by atoms with E-state index >= 15 is 0 Å². The third-order valence-electron chi connectivity index (χ3n) is 5.95. The predicted octanol–water partition coefficient (Wildman–Crippen LogP) is 8.94. The minimum absolute atomic E-state index is 0.0374. The third kappa shape index (κ3) is 5.58. The van der Waals surface area contributed by atoms with Gasteiger partial charge in [0.05, 0.1) is 0 Å². The molecule has 30 heavy (non-hydrogen) atoms. The summed E-state index contributed by atoms with van der Waals surface area (Å²) >= 11 is 0. The molecule has 1 unspecified atom stereocenters. The summed E-state index contributed by atoms with van der Waals surface area (Å²) in [6.07, 6.45) is 4.47. The van der Waals surface area contributed by atoms with Gasteiger partial charge in [-0.2, -0.15) is 0 Å². The van der Waals surface area contributed by atoms with Gasteiger partial charge in [-0.15, -0.1) is 0 Å². The molecule has 2 aromatic rings. The van der Waals surface area contributed by atoms with Crippen LogP contribution in [0.1, 0.15) is 72.2 Å². The minimum Gasteiger partial charge on any atom is -0.270 e. The highest BCUT2D eigenvalue weighted by Gasteiger charge is 2.26. The Bertz CT molecular complexity index is 969. The Morgan fingerprint density at radius 2 is 1.13 bits per heavy atom. The highest BCUT2D eigenvalue weighted by molar-refractivity contribution is 7.29. The lowest BCUT2D eigenvalue weighted by Crippen LogP contribution is -2.17. The number of aryl methyl sites for hydroxylation is 6. The molecule has 0 spiro atoms. The first kappa shape index (κ1) is 24.3. The summed E-state index contributed by atoms with van der Waals surface area (Å²) in [6.45, 7) is 21.8. The van der Waals surface area contributed by atoms with Crippen LogP contribution in [-0.2, 0) is 4.57 Å². The van der Waals surface area contributed by atoms with Crippen molar-refractivity contribution < 1.29 is 4.57 Å². The summed E-state index contributed by atoms with van der Waals surface area (Å²) in [6, 6.07) is 8.88. The van der Waals surface area contributed by atoms with Crippen molar-refractivity contribution in [1.29, 1.82) is 0 Å². The average molecular weight is 421 g/mol. The van der Waals surface area contributed by atoms with Gasteiger partial charge in [0.1, 0.15) is 0 Å². The highest BCUT2D eigenvalue weighted by atomic mass is 31.1. The molecule has 0 N–H and O–H groups in total. The Morgan fingerprint density at radius 1 is 0.767 bits per heavy atom. The van der Waals surface area contributed by atoms with Gasteiger partial charge in [-0.05, 0) is 86.4 Å². The van der Waals surface area contributed by atoms with Crippen LogP contribution in [-0.4, -0.2) is 0 Å². The van der Waals surface area contributed by atoms with E-state index in [1.807, 2.05) is 0 Å². The van der Waals surface area contributed by atoms with Crippen LogP contribution in [0.25, 0.3) is 12.2 Å². The van der Waals surface area contributed by atoms with Crippen LogP contribution >= 0.6 is 8.46 Å². The van der Waals surface area contributed by atoms with E-state index in [9.17, 15) is 4.57 Å². The Kier molecular flexibility index (Phi) is 7.64. The maximum atomic E-state index is 12.3. The molecule has 0 bridgehead atoms. The van der Waals surface area contributed by atoms with Crippen LogP contribution in [0, 0.1) is 52.9 Å². The molecular formula is C28H37OP. The Labute approximate surface area is 185 Å². The molecule has 0 aromatic heterocycles. The second-order valence-corrected chi connectivity index (χ2v) is 10.6. The zero-order valence-corrected chi connectivity index (χ0v) is 21.3. The SMILES string of the molecule is Cc1cc(C)c(C=C(P=O)C(C)C(=Cc2c(C)cc(C)cc2C)C(C)(C)C)c(C)c1. The second-order valence-electron chi connectivity index (χ2n) is 9.86. The van der Waals surface area contributed by atoms with Crippen LogP contribution in [0.15, 0.2) is 35.2 Å². The fraction of sp³-hybridized carbons (Fsp3) is 0.429. The smallest absolute Gasteiger partial charge is 0.188 e. The van der Waals surface area contributed by atoms with Gasteiger partial charge in [0, 0.05) is 11.2 Å². The number of hydrogen-bond donors (Lipinski definition) is 0. The summed E-state index contributed by atoms with van der Waals surface area (Å²) in [5.41, 5.74) is 11.3. The lowest BCUT2D eigenvalue weighted by Gasteiger charge is -2.29. The molecule has 0 aliphatic rings. The Morgan fingerprint density at radius 3 is 1.47 bits per heavy atom. The summed E-state index contributed by atoms with van der Waals surface area (Å²) in [5.74, 6) is 0.0735. The first-order chi connectivity index (χ1) is 13.8. The molecule has 0 radical (unpaired) electrons. The van der Waals surface area contributed by atoms with Crippen molar-refractivity contribution in [1.82, 2.24) is 0 Å². The normalized spacial score (nSPS) is 14.3. The van der Waals surface area contributed by atoms with Gasteiger partial charge >= 0.3 is 0 Å². The summed E-state index contributed by atoms with van der Waals surface area (Å²) in [7, 11) is 0.0853. The van der Waals surface area contributed by atoms with E-state index in [0.717, 1.165) is 5.31 Å². The van der Waals surface area contributed by atoms with Gasteiger partial charge in [-0.3, -0.25) is 4.57 Å². The van der Waals surface area contributed by atoms with E-state index in [0.29, 0.717) is 0 Å². The Balaban J connectivity index is 2.65. The van der Waals surface area contributed by atoms with Crippen molar-refractivity contribution in [3.8, 4) is 0 Å². The first-order valence-electron chi connectivity index (χ1n) is 10.8. The lowest BCUT2D eigenvalue weighted by atomic mass is 9.77. The van der Waals surface area contributed by atoms with Crippen LogP contribution < -0.4 is 0 Å². The monoisotopic (exact) mass is 420 g/mol. The predicted molar refractivity (Wildman–Crippen MR) is 133 cm³/mol. The summed E-state index contributed by atoms with van der Waals surface area (Å²) in [5, 5.41) is 0.925. The number of hydrogen-bond acceptors (Lipinski definition) is 1. The van der Waals surface area contributed by atoms with Gasteiger partial charge in [0.2, 0.25) is 0 Å². The first-order valence-corrected chi connectivity index (χ1v) is 11.6. The maximum Gasteiger partial charge on any atom is 0.188 e. The van der Waals surface area contributed by atoms with Crippen molar-refractivity contribution in [3.63, 3.8) is 0 Å². The molecule has 2 rings (SSSR count). The lowest BCUT2D eigenvalue weighted by molar-refractivity contribution is 0.464. The molecule has 0 amide bonds. The van der Waals surface area contributed by atoms with Crippen LogP contribution in [0.3, 0.4) is 0 Å². The molecule has 1 atom stereocenters. The molecule has 2 heteroatoms. The zero-order valence-electron chi connectivity index (χ0n) is 20.4. The topological polar surface area (TPSA) is 17.1 Å². The van der Waals surface area contributed by atoms with E-state index in [4.69, 9.17) is 0 Å². The minimum atomic E-state index is -0.0374. The number of rotatable bonds is 5. The van der Waals surface area contributed by atoms with Crippen molar-refractivity contribution in [2.45, 2.75) is 69.2 Å². The van der Waals surface area contributed by atoms with E-state index in [1.165, 1.54) is 50.1 Å². The summed E-state index contributed by atoms with van der Waals surface area (Å²) < 4.78 is 12.3. The average Bonchev–Trinajstić information content (AvgIpc) is 2.58. The standard InChI is InChI=1S/C28H37OP/c1-17-11-19(3)24(20(4)12-17)15-26(28(8,9)10)23(7)27(30-29)16-25-21(5)13-18(2)14-22(25)6/h11-16,23H,1-10H3. The van der Waals surface area contributed by atoms with Crippen LogP contribution in [0.4, 0.5) is 0 Å². The third-order valence-corrected chi connectivity index (χ3v) is 6.68. The molecule has 2 aromatic carbocycles. The molecule has 1 nitrogen and oxygen atoms in total. The zero-order chi connectivity index (χ0) is 22.8. The molecule has 0 aliphatic carbocycles. The maximum absolute atomic E-state index is 12.3. The fourth-order valence-corrected chi connectivity index (χ4v) is 5.00. The van der Waals surface area contributed by atoms with Gasteiger partial charge in [-0.25, -0.2) is 0 Å². The molecule has 0 heterocycles. The highest BCUT2D eigenvalue weighted by Crippen LogP contribution is 2.41. The van der Waals surface area contributed by atoms with E-state index in [-0.39, 0.29) is 19.8 Å². The largest absolute Gasteiger partial charge is 0.270 e. The van der Waals surface area contributed by atoms with E-state index in [1.54, 1.807) is 0 Å². The second kappa shape index (κ2) is 9.44. The van der Waals surface area contributed by atoms with Crippen molar-refractivity contribution in [3.05, 3.63) is 79.7 Å². The van der Waals surface area contributed by atoms with Crippen molar-refractivity contribution >= 4 is 20.6 Å². The van der Waals surface area contributed by atoms with E-state index < -0.39 is 0 Å². The Hall–Kier alpha value is -1.98. The van der Waals surface area contributed by atoms with Gasteiger partial charge in [0.25, 0.3) is 0 Å². The van der Waals surface area contributed by atoms with Gasteiger partial charge < -0.3 is 0 Å². The summed E-state index contributed by atoms with van der Waals surface area (Å²) in [4.78, 5) is 0.